The van der Waals surface area contributed by atoms with Gasteiger partial charge in [-0.2, -0.15) is 0 Å². The standard InChI is InChI=1S/C31H37Cl2N3O4/c1-39-27-11-3-2-10-26(27)35-12-14-36(15-13-35)30-28(40-29(21-37)31(30)38)20-34(18-22-6-4-8-24(32)16-22)19-23-7-5-9-25(33)17-23/h2-11,16-17,28-31,37-38H,12-15,18-21H2,1H3/t28-,29+,30+,31-/m1/s1. The van der Waals surface area contributed by atoms with Crippen LogP contribution in [0.4, 0.5) is 5.69 Å². The van der Waals surface area contributed by atoms with E-state index in [0.717, 1.165) is 48.7 Å². The molecular formula is C31H37Cl2N3O4. The van der Waals surface area contributed by atoms with E-state index >= 15 is 0 Å². The molecule has 0 aliphatic carbocycles. The van der Waals surface area contributed by atoms with Crippen LogP contribution in [0.2, 0.25) is 10.0 Å². The zero-order valence-corrected chi connectivity index (χ0v) is 24.2. The predicted molar refractivity (Wildman–Crippen MR) is 159 cm³/mol. The van der Waals surface area contributed by atoms with Crippen molar-refractivity contribution >= 4 is 28.9 Å². The molecule has 0 aromatic heterocycles. The number of benzene rings is 3. The third-order valence-electron chi connectivity index (χ3n) is 7.83. The summed E-state index contributed by atoms with van der Waals surface area (Å²) < 4.78 is 11.9. The van der Waals surface area contributed by atoms with Gasteiger partial charge in [0.05, 0.1) is 31.5 Å². The van der Waals surface area contributed by atoms with E-state index in [4.69, 9.17) is 32.7 Å². The fourth-order valence-corrected chi connectivity index (χ4v) is 6.38. The van der Waals surface area contributed by atoms with Gasteiger partial charge in [0, 0.05) is 55.9 Å². The van der Waals surface area contributed by atoms with Crippen LogP contribution >= 0.6 is 23.2 Å². The van der Waals surface area contributed by atoms with Crippen LogP contribution in [0.15, 0.2) is 72.8 Å². The number of nitrogens with zero attached hydrogens (tertiary/aromatic N) is 3. The normalized spacial score (nSPS) is 23.6. The first-order chi connectivity index (χ1) is 19.4. The van der Waals surface area contributed by atoms with Crippen molar-refractivity contribution in [2.24, 2.45) is 0 Å². The number of methoxy groups -OCH3 is 1. The lowest BCUT2D eigenvalue weighted by Gasteiger charge is -2.42. The second kappa shape index (κ2) is 13.5. The number of anilines is 1. The number of aliphatic hydroxyl groups is 2. The van der Waals surface area contributed by atoms with Gasteiger partial charge in [0.15, 0.2) is 0 Å². The van der Waals surface area contributed by atoms with Gasteiger partial charge in [0.25, 0.3) is 0 Å². The number of piperazine rings is 1. The molecule has 4 atom stereocenters. The van der Waals surface area contributed by atoms with Crippen LogP contribution in [0.5, 0.6) is 5.75 Å². The van der Waals surface area contributed by atoms with Crippen molar-refractivity contribution in [2.75, 3.05) is 51.3 Å². The molecule has 2 aliphatic heterocycles. The maximum atomic E-state index is 11.3. The summed E-state index contributed by atoms with van der Waals surface area (Å²) in [4.78, 5) is 6.93. The van der Waals surface area contributed by atoms with Gasteiger partial charge in [-0.05, 0) is 47.5 Å². The van der Waals surface area contributed by atoms with E-state index in [9.17, 15) is 10.2 Å². The zero-order valence-electron chi connectivity index (χ0n) is 22.7. The first-order valence-corrected chi connectivity index (χ1v) is 14.5. The Bertz CT molecular complexity index is 1210. The smallest absolute Gasteiger partial charge is 0.142 e. The van der Waals surface area contributed by atoms with Gasteiger partial charge in [-0.1, -0.05) is 59.6 Å². The molecule has 0 spiro atoms. The van der Waals surface area contributed by atoms with E-state index in [1.165, 1.54) is 0 Å². The molecule has 2 aliphatic rings. The molecule has 0 unspecified atom stereocenters. The first kappa shape index (κ1) is 29.1. The lowest BCUT2D eigenvalue weighted by atomic mass is 10.0. The van der Waals surface area contributed by atoms with Gasteiger partial charge in [0.1, 0.15) is 18.0 Å². The molecule has 0 radical (unpaired) electrons. The van der Waals surface area contributed by atoms with E-state index in [-0.39, 0.29) is 18.8 Å². The number of ether oxygens (including phenoxy) is 2. The SMILES string of the molecule is COc1ccccc1N1CCN([C@@H]2[C@H](O)[C@H](CO)O[C@@H]2CN(Cc2cccc(Cl)c2)Cc2cccc(Cl)c2)CC1. The fraction of sp³-hybridized carbons (Fsp3) is 0.419. The summed E-state index contributed by atoms with van der Waals surface area (Å²) in [7, 11) is 1.69. The number of hydrogen-bond donors (Lipinski definition) is 2. The van der Waals surface area contributed by atoms with Crippen LogP contribution in [0.25, 0.3) is 0 Å². The minimum atomic E-state index is -0.785. The monoisotopic (exact) mass is 585 g/mol. The quantitative estimate of drug-likeness (QED) is 0.367. The molecule has 2 fully saturated rings. The predicted octanol–water partition coefficient (Wildman–Crippen LogP) is 4.32. The Kier molecular flexibility index (Phi) is 9.86. The van der Waals surface area contributed by atoms with Crippen LogP contribution in [0, 0.1) is 0 Å². The third kappa shape index (κ3) is 6.92. The average Bonchev–Trinajstić information content (AvgIpc) is 3.27. The minimum Gasteiger partial charge on any atom is -0.495 e. The van der Waals surface area contributed by atoms with Gasteiger partial charge >= 0.3 is 0 Å². The van der Waals surface area contributed by atoms with Crippen molar-refractivity contribution in [2.45, 2.75) is 37.4 Å². The van der Waals surface area contributed by atoms with Crippen molar-refractivity contribution in [3.63, 3.8) is 0 Å². The highest BCUT2D eigenvalue weighted by atomic mass is 35.5. The Morgan fingerprint density at radius 1 is 0.875 bits per heavy atom. The summed E-state index contributed by atoms with van der Waals surface area (Å²) in [6.45, 7) is 4.79. The van der Waals surface area contributed by atoms with Crippen molar-refractivity contribution in [1.29, 1.82) is 0 Å². The molecule has 0 amide bonds. The van der Waals surface area contributed by atoms with Crippen LogP contribution < -0.4 is 9.64 Å². The molecule has 9 heteroatoms. The highest BCUT2D eigenvalue weighted by Crippen LogP contribution is 2.32. The molecule has 7 nitrogen and oxygen atoms in total. The second-order valence-corrected chi connectivity index (χ2v) is 11.4. The maximum absolute atomic E-state index is 11.3. The molecular weight excluding hydrogens is 549 g/mol. The highest BCUT2D eigenvalue weighted by molar-refractivity contribution is 6.30. The van der Waals surface area contributed by atoms with Crippen molar-refractivity contribution in [3.8, 4) is 5.75 Å². The molecule has 40 heavy (non-hydrogen) atoms. The Balaban J connectivity index is 1.33. The van der Waals surface area contributed by atoms with E-state index in [1.54, 1.807) is 7.11 Å². The average molecular weight is 587 g/mol. The van der Waals surface area contributed by atoms with Gasteiger partial charge in [-0.15, -0.1) is 0 Å². The molecule has 3 aromatic carbocycles. The van der Waals surface area contributed by atoms with E-state index in [0.29, 0.717) is 29.7 Å². The van der Waals surface area contributed by atoms with Crippen molar-refractivity contribution in [3.05, 3.63) is 94.0 Å². The Morgan fingerprint density at radius 3 is 2.08 bits per heavy atom. The van der Waals surface area contributed by atoms with Gasteiger partial charge in [0.2, 0.25) is 0 Å². The zero-order chi connectivity index (χ0) is 28.1. The Morgan fingerprint density at radius 2 is 1.50 bits per heavy atom. The summed E-state index contributed by atoms with van der Waals surface area (Å²) in [5.41, 5.74) is 3.26. The largest absolute Gasteiger partial charge is 0.495 e. The lowest BCUT2D eigenvalue weighted by Crippen LogP contribution is -2.57. The van der Waals surface area contributed by atoms with Crippen LogP contribution in [-0.4, -0.2) is 90.8 Å². The summed E-state index contributed by atoms with van der Waals surface area (Å²) in [6, 6.07) is 23.5. The van der Waals surface area contributed by atoms with Gasteiger partial charge in [-0.25, -0.2) is 0 Å². The summed E-state index contributed by atoms with van der Waals surface area (Å²) in [5.74, 6) is 0.857. The molecule has 0 saturated carbocycles. The maximum Gasteiger partial charge on any atom is 0.142 e. The van der Waals surface area contributed by atoms with Crippen molar-refractivity contribution < 1.29 is 19.7 Å². The number of hydrogen-bond acceptors (Lipinski definition) is 7. The summed E-state index contributed by atoms with van der Waals surface area (Å²) in [5, 5.41) is 22.7. The number of para-hydroxylation sites is 2. The van der Waals surface area contributed by atoms with E-state index < -0.39 is 12.2 Å². The molecule has 0 bridgehead atoms. The fourth-order valence-electron chi connectivity index (χ4n) is 5.96. The summed E-state index contributed by atoms with van der Waals surface area (Å²) >= 11 is 12.6. The second-order valence-electron chi connectivity index (χ2n) is 10.5. The highest BCUT2D eigenvalue weighted by Gasteiger charge is 2.47. The van der Waals surface area contributed by atoms with Gasteiger partial charge in [-0.3, -0.25) is 9.80 Å². The first-order valence-electron chi connectivity index (χ1n) is 13.7. The molecule has 2 saturated heterocycles. The number of halogens is 2. The van der Waals surface area contributed by atoms with E-state index in [1.807, 2.05) is 54.6 Å². The van der Waals surface area contributed by atoms with Crippen LogP contribution in [0.1, 0.15) is 11.1 Å². The van der Waals surface area contributed by atoms with E-state index in [2.05, 4.69) is 32.9 Å². The lowest BCUT2D eigenvalue weighted by molar-refractivity contribution is -0.0325. The number of aliphatic hydroxyl groups excluding tert-OH is 2. The summed E-state index contributed by atoms with van der Waals surface area (Å²) in [6.07, 6.45) is -1.70. The topological polar surface area (TPSA) is 68.6 Å². The number of rotatable bonds is 10. The molecule has 2 N–H and O–H groups in total. The molecule has 214 valence electrons. The Hall–Kier alpha value is -2.36. The van der Waals surface area contributed by atoms with Crippen molar-refractivity contribution in [1.82, 2.24) is 9.80 Å². The molecule has 3 aromatic rings. The molecule has 5 rings (SSSR count). The van der Waals surface area contributed by atoms with Crippen LogP contribution in [0.3, 0.4) is 0 Å². The minimum absolute atomic E-state index is 0.224. The Labute approximate surface area is 246 Å². The van der Waals surface area contributed by atoms with Gasteiger partial charge < -0.3 is 24.6 Å². The molecule has 2 heterocycles. The van der Waals surface area contributed by atoms with Crippen LogP contribution in [-0.2, 0) is 17.8 Å². The third-order valence-corrected chi connectivity index (χ3v) is 8.30.